The Hall–Kier alpha value is -1.01. The molecular weight excluding hydrogens is 385 g/mol. The second kappa shape index (κ2) is 10.9. The van der Waals surface area contributed by atoms with Gasteiger partial charge < -0.3 is 15.5 Å². The number of carbonyl (C=O) groups excluding carboxylic acids is 2. The van der Waals surface area contributed by atoms with Gasteiger partial charge in [0.25, 0.3) is 0 Å². The molecular formula is C17H24Cl3N3O2. The Morgan fingerprint density at radius 3 is 2.56 bits per heavy atom. The molecule has 5 nitrogen and oxygen atoms in total. The van der Waals surface area contributed by atoms with Crippen LogP contribution in [0.2, 0.25) is 10.0 Å². The van der Waals surface area contributed by atoms with Crippen LogP contribution in [-0.4, -0.2) is 42.9 Å². The molecule has 0 aliphatic carbocycles. The molecule has 0 bridgehead atoms. The minimum atomic E-state index is -0.255. The molecule has 1 aromatic rings. The third kappa shape index (κ3) is 6.66. The topological polar surface area (TPSA) is 61.4 Å². The van der Waals surface area contributed by atoms with Gasteiger partial charge in [0.15, 0.2) is 0 Å². The van der Waals surface area contributed by atoms with Crippen molar-refractivity contribution in [1.29, 1.82) is 0 Å². The maximum absolute atomic E-state index is 12.7. The van der Waals surface area contributed by atoms with Gasteiger partial charge in [0, 0.05) is 17.5 Å². The lowest BCUT2D eigenvalue weighted by molar-refractivity contribution is -0.139. The largest absolute Gasteiger partial charge is 0.333 e. The van der Waals surface area contributed by atoms with E-state index in [0.29, 0.717) is 22.3 Å². The van der Waals surface area contributed by atoms with Gasteiger partial charge in [-0.25, -0.2) is 0 Å². The maximum Gasteiger partial charge on any atom is 0.244 e. The number of benzene rings is 1. The first-order valence-electron chi connectivity index (χ1n) is 8.25. The number of nitrogens with one attached hydrogen (secondary N) is 2. The number of nitrogens with zero attached hydrogens (tertiary/aromatic N) is 1. The molecule has 8 heteroatoms. The number of halogens is 3. The third-order valence-corrected chi connectivity index (χ3v) is 4.58. The highest BCUT2D eigenvalue weighted by atomic mass is 35.5. The molecule has 1 aliphatic rings. The number of hydrogen-bond donors (Lipinski definition) is 2. The molecule has 0 aromatic heterocycles. The molecule has 0 saturated carbocycles. The normalized spacial score (nSPS) is 14.5. The van der Waals surface area contributed by atoms with Gasteiger partial charge in [-0.1, -0.05) is 30.1 Å². The van der Waals surface area contributed by atoms with Crippen LogP contribution in [0, 0.1) is 5.92 Å². The van der Waals surface area contributed by atoms with E-state index in [4.69, 9.17) is 23.2 Å². The average molecular weight is 409 g/mol. The molecule has 2 rings (SSSR count). The Morgan fingerprint density at radius 1 is 1.28 bits per heavy atom. The zero-order chi connectivity index (χ0) is 17.5. The number of anilines is 1. The summed E-state index contributed by atoms with van der Waals surface area (Å²) < 4.78 is 0. The van der Waals surface area contributed by atoms with Crippen molar-refractivity contribution in [2.75, 3.05) is 31.5 Å². The van der Waals surface area contributed by atoms with Crippen LogP contribution in [0.3, 0.4) is 0 Å². The van der Waals surface area contributed by atoms with E-state index in [1.165, 1.54) is 0 Å². The van der Waals surface area contributed by atoms with Crippen molar-refractivity contribution in [3.63, 3.8) is 0 Å². The molecule has 0 spiro atoms. The number of piperidine rings is 1. The molecule has 0 radical (unpaired) electrons. The highest BCUT2D eigenvalue weighted by Gasteiger charge is 2.26. The van der Waals surface area contributed by atoms with Crippen LogP contribution in [-0.2, 0) is 9.59 Å². The predicted octanol–water partition coefficient (Wildman–Crippen LogP) is 3.59. The zero-order valence-corrected chi connectivity index (χ0v) is 16.5. The Morgan fingerprint density at radius 2 is 1.96 bits per heavy atom. The van der Waals surface area contributed by atoms with Crippen LogP contribution in [0.5, 0.6) is 0 Å². The van der Waals surface area contributed by atoms with Crippen molar-refractivity contribution in [2.45, 2.75) is 26.2 Å². The maximum atomic E-state index is 12.7. The van der Waals surface area contributed by atoms with Gasteiger partial charge in [-0.2, -0.15) is 0 Å². The van der Waals surface area contributed by atoms with E-state index in [-0.39, 0.29) is 36.7 Å². The van der Waals surface area contributed by atoms with Gasteiger partial charge in [-0.15, -0.1) is 12.4 Å². The van der Waals surface area contributed by atoms with E-state index in [9.17, 15) is 9.59 Å². The third-order valence-electron chi connectivity index (χ3n) is 4.03. The van der Waals surface area contributed by atoms with Crippen molar-refractivity contribution in [3.05, 3.63) is 28.2 Å². The summed E-state index contributed by atoms with van der Waals surface area (Å²) in [6.07, 6.45) is 2.46. The first-order valence-corrected chi connectivity index (χ1v) is 9.01. The van der Waals surface area contributed by atoms with Gasteiger partial charge in [0.1, 0.15) is 0 Å². The molecule has 0 unspecified atom stereocenters. The minimum absolute atomic E-state index is 0. The Labute approximate surface area is 164 Å². The van der Waals surface area contributed by atoms with Crippen molar-refractivity contribution in [3.8, 4) is 0 Å². The van der Waals surface area contributed by atoms with Crippen LogP contribution in [0.4, 0.5) is 5.69 Å². The first kappa shape index (κ1) is 22.0. The van der Waals surface area contributed by atoms with Crippen LogP contribution >= 0.6 is 35.6 Å². The summed E-state index contributed by atoms with van der Waals surface area (Å²) in [5.41, 5.74) is 0.497. The lowest BCUT2D eigenvalue weighted by Gasteiger charge is -2.29. The molecule has 1 fully saturated rings. The van der Waals surface area contributed by atoms with Gasteiger partial charge in [0.05, 0.1) is 17.3 Å². The summed E-state index contributed by atoms with van der Waals surface area (Å²) >= 11 is 11.9. The smallest absolute Gasteiger partial charge is 0.244 e. The first-order chi connectivity index (χ1) is 11.5. The summed E-state index contributed by atoms with van der Waals surface area (Å²) in [4.78, 5) is 26.6. The second-order valence-electron chi connectivity index (χ2n) is 5.96. The molecule has 1 heterocycles. The molecule has 1 aliphatic heterocycles. The van der Waals surface area contributed by atoms with Crippen LogP contribution in [0.15, 0.2) is 18.2 Å². The van der Waals surface area contributed by atoms with E-state index in [1.807, 2.05) is 6.92 Å². The van der Waals surface area contributed by atoms with Crippen LogP contribution in [0.1, 0.15) is 26.2 Å². The van der Waals surface area contributed by atoms with E-state index < -0.39 is 0 Å². The van der Waals surface area contributed by atoms with Gasteiger partial charge in [-0.3, -0.25) is 9.59 Å². The minimum Gasteiger partial charge on any atom is -0.333 e. The molecule has 25 heavy (non-hydrogen) atoms. The van der Waals surface area contributed by atoms with Crippen molar-refractivity contribution >= 4 is 53.1 Å². The number of hydrogen-bond acceptors (Lipinski definition) is 3. The summed E-state index contributed by atoms with van der Waals surface area (Å²) in [6, 6.07) is 4.89. The molecule has 1 aromatic carbocycles. The van der Waals surface area contributed by atoms with Crippen LogP contribution in [0.25, 0.3) is 0 Å². The Kier molecular flexibility index (Phi) is 9.57. The summed E-state index contributed by atoms with van der Waals surface area (Å²) in [5.74, 6) is -0.185. The summed E-state index contributed by atoms with van der Waals surface area (Å²) in [7, 11) is 0. The standard InChI is InChI=1S/C17H23Cl2N3O2.ClH/c1-2-9-22(17(24)12-5-7-20-8-6-12)11-16(23)21-15-4-3-13(18)10-14(15)19;/h3-4,10,12,20H,2,5-9,11H2,1H3,(H,21,23);1H. The molecule has 2 N–H and O–H groups in total. The van der Waals surface area contributed by atoms with Gasteiger partial charge in [-0.05, 0) is 50.6 Å². The fourth-order valence-electron chi connectivity index (χ4n) is 2.82. The Bertz CT molecular complexity index is 593. The lowest BCUT2D eigenvalue weighted by atomic mass is 9.96. The fraction of sp³-hybridized carbons (Fsp3) is 0.529. The Balaban J connectivity index is 0.00000312. The highest BCUT2D eigenvalue weighted by molar-refractivity contribution is 6.36. The average Bonchev–Trinajstić information content (AvgIpc) is 2.57. The summed E-state index contributed by atoms with van der Waals surface area (Å²) in [5, 5.41) is 6.88. The molecule has 140 valence electrons. The second-order valence-corrected chi connectivity index (χ2v) is 6.80. The zero-order valence-electron chi connectivity index (χ0n) is 14.2. The van der Waals surface area contributed by atoms with Crippen molar-refractivity contribution in [2.24, 2.45) is 5.92 Å². The predicted molar refractivity (Wildman–Crippen MR) is 105 cm³/mol. The van der Waals surface area contributed by atoms with E-state index >= 15 is 0 Å². The summed E-state index contributed by atoms with van der Waals surface area (Å²) in [6.45, 7) is 4.31. The highest BCUT2D eigenvalue weighted by Crippen LogP contribution is 2.25. The van der Waals surface area contributed by atoms with Crippen LogP contribution < -0.4 is 10.6 Å². The SMILES string of the molecule is CCCN(CC(=O)Nc1ccc(Cl)cc1Cl)C(=O)C1CCNCC1.Cl. The lowest BCUT2D eigenvalue weighted by Crippen LogP contribution is -2.44. The molecule has 0 atom stereocenters. The van der Waals surface area contributed by atoms with Gasteiger partial charge >= 0.3 is 0 Å². The number of rotatable bonds is 6. The van der Waals surface area contributed by atoms with Crippen molar-refractivity contribution in [1.82, 2.24) is 10.2 Å². The monoisotopic (exact) mass is 407 g/mol. The van der Waals surface area contributed by atoms with Crippen molar-refractivity contribution < 1.29 is 9.59 Å². The van der Waals surface area contributed by atoms with Gasteiger partial charge in [0.2, 0.25) is 11.8 Å². The molecule has 2 amide bonds. The fourth-order valence-corrected chi connectivity index (χ4v) is 3.27. The number of carbonyl (C=O) groups is 2. The quantitative estimate of drug-likeness (QED) is 0.756. The number of amides is 2. The van der Waals surface area contributed by atoms with E-state index in [0.717, 1.165) is 32.4 Å². The molecule has 1 saturated heterocycles. The van der Waals surface area contributed by atoms with E-state index in [1.54, 1.807) is 23.1 Å². The van der Waals surface area contributed by atoms with E-state index in [2.05, 4.69) is 10.6 Å².